The first-order valence-electron chi connectivity index (χ1n) is 9.02. The normalized spacial score (nSPS) is 23.0. The fourth-order valence-corrected chi connectivity index (χ4v) is 3.22. The van der Waals surface area contributed by atoms with Crippen LogP contribution in [-0.2, 0) is 14.3 Å². The van der Waals surface area contributed by atoms with Gasteiger partial charge in [0, 0.05) is 6.04 Å². The lowest BCUT2D eigenvalue weighted by Gasteiger charge is -2.34. The fourth-order valence-electron chi connectivity index (χ4n) is 3.22. The van der Waals surface area contributed by atoms with E-state index in [9.17, 15) is 9.59 Å². The fraction of sp³-hybridized carbons (Fsp3) is 0.600. The van der Waals surface area contributed by atoms with Gasteiger partial charge in [-0.15, -0.1) is 0 Å². The van der Waals surface area contributed by atoms with Crippen molar-refractivity contribution in [2.45, 2.75) is 53.0 Å². The summed E-state index contributed by atoms with van der Waals surface area (Å²) in [5.74, 6) is 0.923. The molecule has 1 fully saturated rings. The zero-order valence-corrected chi connectivity index (χ0v) is 15.6. The highest BCUT2D eigenvalue weighted by atomic mass is 16.6. The Morgan fingerprint density at radius 2 is 1.92 bits per heavy atom. The number of esters is 1. The summed E-state index contributed by atoms with van der Waals surface area (Å²) >= 11 is 0. The molecule has 1 aliphatic rings. The van der Waals surface area contributed by atoms with E-state index in [1.807, 2.05) is 32.0 Å². The van der Waals surface area contributed by atoms with Gasteiger partial charge in [0.2, 0.25) is 0 Å². The summed E-state index contributed by atoms with van der Waals surface area (Å²) in [4.78, 5) is 23.8. The van der Waals surface area contributed by atoms with Crippen LogP contribution in [0.5, 0.6) is 5.75 Å². The molecule has 2 rings (SSSR count). The van der Waals surface area contributed by atoms with Gasteiger partial charge in [-0.1, -0.05) is 38.8 Å². The van der Waals surface area contributed by atoms with E-state index in [4.69, 9.17) is 9.47 Å². The molecule has 1 aromatic carbocycles. The van der Waals surface area contributed by atoms with Gasteiger partial charge in [-0.2, -0.15) is 0 Å². The molecule has 138 valence electrons. The van der Waals surface area contributed by atoms with Crippen molar-refractivity contribution in [2.24, 2.45) is 11.8 Å². The van der Waals surface area contributed by atoms with E-state index < -0.39 is 5.97 Å². The van der Waals surface area contributed by atoms with Gasteiger partial charge in [0.15, 0.2) is 13.2 Å². The zero-order chi connectivity index (χ0) is 18.4. The third-order valence-corrected chi connectivity index (χ3v) is 5.11. The lowest BCUT2D eigenvalue weighted by molar-refractivity contribution is -0.150. The second-order valence-electron chi connectivity index (χ2n) is 7.16. The molecular formula is C20H29NO4. The minimum Gasteiger partial charge on any atom is -0.482 e. The Morgan fingerprint density at radius 3 is 2.68 bits per heavy atom. The van der Waals surface area contributed by atoms with Crippen molar-refractivity contribution < 1.29 is 19.1 Å². The molecule has 0 spiro atoms. The molecule has 1 N–H and O–H groups in total. The number of aryl methyl sites for hydroxylation is 2. The number of hydrogen-bond acceptors (Lipinski definition) is 4. The predicted molar refractivity (Wildman–Crippen MR) is 96.5 cm³/mol. The number of carbonyl (C=O) groups is 2. The lowest BCUT2D eigenvalue weighted by Crippen LogP contribution is -2.45. The molecule has 1 aromatic rings. The van der Waals surface area contributed by atoms with Gasteiger partial charge in [0.1, 0.15) is 5.75 Å². The topological polar surface area (TPSA) is 64.6 Å². The van der Waals surface area contributed by atoms with Crippen molar-refractivity contribution in [3.8, 4) is 5.75 Å². The molecule has 1 amide bonds. The van der Waals surface area contributed by atoms with Gasteiger partial charge < -0.3 is 14.8 Å². The van der Waals surface area contributed by atoms with Crippen LogP contribution < -0.4 is 10.1 Å². The second-order valence-corrected chi connectivity index (χ2v) is 7.16. The maximum Gasteiger partial charge on any atom is 0.344 e. The minimum atomic E-state index is -0.541. The van der Waals surface area contributed by atoms with E-state index in [1.54, 1.807) is 0 Å². The van der Waals surface area contributed by atoms with Crippen molar-refractivity contribution >= 4 is 11.9 Å². The van der Waals surface area contributed by atoms with Crippen molar-refractivity contribution in [3.63, 3.8) is 0 Å². The van der Waals surface area contributed by atoms with Crippen LogP contribution in [0, 0.1) is 25.7 Å². The second kappa shape index (κ2) is 8.88. The van der Waals surface area contributed by atoms with E-state index in [1.165, 1.54) is 6.42 Å². The Labute approximate surface area is 150 Å². The molecule has 5 nitrogen and oxygen atoms in total. The average molecular weight is 347 g/mol. The summed E-state index contributed by atoms with van der Waals surface area (Å²) in [6.07, 6.45) is 3.32. The van der Waals surface area contributed by atoms with Gasteiger partial charge in [-0.25, -0.2) is 4.79 Å². The van der Waals surface area contributed by atoms with Crippen molar-refractivity contribution in [2.75, 3.05) is 13.2 Å². The van der Waals surface area contributed by atoms with E-state index in [0.29, 0.717) is 17.6 Å². The average Bonchev–Trinajstić information content (AvgIpc) is 2.58. The first-order valence-corrected chi connectivity index (χ1v) is 9.02. The molecule has 3 atom stereocenters. The van der Waals surface area contributed by atoms with Crippen LogP contribution in [0.3, 0.4) is 0 Å². The number of nitrogens with one attached hydrogen (secondary N) is 1. The van der Waals surface area contributed by atoms with Crippen LogP contribution in [0.25, 0.3) is 0 Å². The quantitative estimate of drug-likeness (QED) is 0.803. The molecular weight excluding hydrogens is 318 g/mol. The van der Waals surface area contributed by atoms with Crippen molar-refractivity contribution in [3.05, 3.63) is 29.3 Å². The van der Waals surface area contributed by atoms with Gasteiger partial charge in [0.25, 0.3) is 5.91 Å². The van der Waals surface area contributed by atoms with E-state index in [-0.39, 0.29) is 25.2 Å². The number of amides is 1. The number of hydrogen-bond donors (Lipinski definition) is 1. The van der Waals surface area contributed by atoms with Crippen LogP contribution in [0.15, 0.2) is 18.2 Å². The number of rotatable bonds is 6. The van der Waals surface area contributed by atoms with Crippen LogP contribution in [-0.4, -0.2) is 31.1 Å². The largest absolute Gasteiger partial charge is 0.482 e. The van der Waals surface area contributed by atoms with Crippen LogP contribution in [0.4, 0.5) is 0 Å². The number of carbonyl (C=O) groups excluding carboxylic acids is 2. The van der Waals surface area contributed by atoms with Crippen LogP contribution in [0.1, 0.15) is 44.2 Å². The Balaban J connectivity index is 1.72. The highest BCUT2D eigenvalue weighted by Crippen LogP contribution is 2.29. The Morgan fingerprint density at radius 1 is 1.16 bits per heavy atom. The Kier molecular flexibility index (Phi) is 6.85. The third-order valence-electron chi connectivity index (χ3n) is 5.11. The molecule has 0 radical (unpaired) electrons. The predicted octanol–water partition coefficient (Wildman–Crippen LogP) is 3.17. The lowest BCUT2D eigenvalue weighted by atomic mass is 9.78. The first-order chi connectivity index (χ1) is 11.9. The molecule has 0 aromatic heterocycles. The summed E-state index contributed by atoms with van der Waals surface area (Å²) in [5, 5.41) is 2.99. The molecule has 0 aliphatic heterocycles. The molecule has 1 saturated carbocycles. The highest BCUT2D eigenvalue weighted by molar-refractivity contribution is 5.81. The molecule has 0 saturated heterocycles. The summed E-state index contributed by atoms with van der Waals surface area (Å²) in [5.41, 5.74) is 2.01. The SMILES string of the molecule is Cc1ccc(C)c(OCC(=O)OCC(=O)N[C@H]2CCC[C@@H](C)[C@@H]2C)c1. The third kappa shape index (κ3) is 5.76. The zero-order valence-electron chi connectivity index (χ0n) is 15.6. The number of ether oxygens (including phenoxy) is 2. The van der Waals surface area contributed by atoms with Gasteiger partial charge in [0.05, 0.1) is 0 Å². The van der Waals surface area contributed by atoms with E-state index in [2.05, 4.69) is 19.2 Å². The maximum absolute atomic E-state index is 12.0. The Hall–Kier alpha value is -2.04. The van der Waals surface area contributed by atoms with E-state index in [0.717, 1.165) is 24.0 Å². The minimum absolute atomic E-state index is 0.168. The monoisotopic (exact) mass is 347 g/mol. The van der Waals surface area contributed by atoms with Crippen molar-refractivity contribution in [1.82, 2.24) is 5.32 Å². The summed E-state index contributed by atoms with van der Waals surface area (Å²) in [6.45, 7) is 7.80. The summed E-state index contributed by atoms with van der Waals surface area (Å²) in [6, 6.07) is 5.97. The van der Waals surface area contributed by atoms with Gasteiger partial charge in [-0.05, 0) is 49.3 Å². The molecule has 0 unspecified atom stereocenters. The molecule has 0 bridgehead atoms. The van der Waals surface area contributed by atoms with Gasteiger partial charge >= 0.3 is 5.97 Å². The smallest absolute Gasteiger partial charge is 0.344 e. The standard InChI is InChI=1S/C20H29NO4/c1-13-8-9-15(3)18(10-13)24-12-20(23)25-11-19(22)21-17-7-5-6-14(2)16(17)4/h8-10,14,16-17H,5-7,11-12H2,1-4H3,(H,21,22)/t14-,16+,17+/m1/s1. The molecule has 0 heterocycles. The number of benzene rings is 1. The molecule has 25 heavy (non-hydrogen) atoms. The summed E-state index contributed by atoms with van der Waals surface area (Å²) < 4.78 is 10.5. The maximum atomic E-state index is 12.0. The first kappa shape index (κ1) is 19.3. The molecule has 1 aliphatic carbocycles. The summed E-state index contributed by atoms with van der Waals surface area (Å²) in [7, 11) is 0. The van der Waals surface area contributed by atoms with E-state index >= 15 is 0 Å². The van der Waals surface area contributed by atoms with Crippen LogP contribution in [0.2, 0.25) is 0 Å². The van der Waals surface area contributed by atoms with Crippen LogP contribution >= 0.6 is 0 Å². The Bertz CT molecular complexity index is 614. The van der Waals surface area contributed by atoms with Gasteiger partial charge in [-0.3, -0.25) is 4.79 Å². The molecule has 5 heteroatoms. The highest BCUT2D eigenvalue weighted by Gasteiger charge is 2.28. The van der Waals surface area contributed by atoms with Crippen molar-refractivity contribution in [1.29, 1.82) is 0 Å².